The van der Waals surface area contributed by atoms with E-state index >= 15 is 0 Å². The Kier molecular flexibility index (Phi) is 10.5. The van der Waals surface area contributed by atoms with Crippen molar-refractivity contribution in [1.29, 1.82) is 0 Å². The van der Waals surface area contributed by atoms with Crippen molar-refractivity contribution in [3.05, 3.63) is 35.4 Å². The highest BCUT2D eigenvalue weighted by Crippen LogP contribution is 2.39. The van der Waals surface area contributed by atoms with Crippen LogP contribution in [0.3, 0.4) is 0 Å². The molecule has 172 valence electrons. The number of benzene rings is 1. The molecular weight excluding hydrogens is 424 g/mol. The van der Waals surface area contributed by atoms with Gasteiger partial charge in [-0.2, -0.15) is 13.2 Å². The Labute approximate surface area is 174 Å². The second-order valence-corrected chi connectivity index (χ2v) is 8.52. The van der Waals surface area contributed by atoms with Crippen molar-refractivity contribution in [3.8, 4) is 0 Å². The van der Waals surface area contributed by atoms with Crippen LogP contribution < -0.4 is 6.15 Å². The van der Waals surface area contributed by atoms with Gasteiger partial charge in [0.15, 0.2) is 0 Å². The van der Waals surface area contributed by atoms with Crippen molar-refractivity contribution < 1.29 is 36.8 Å². The molecule has 0 aromatic heterocycles. The average molecular weight is 454 g/mol. The van der Waals surface area contributed by atoms with E-state index in [1.54, 1.807) is 0 Å². The molecule has 1 aliphatic heterocycles. The maximum Gasteiger partial charge on any atom is 0.469 e. The summed E-state index contributed by atoms with van der Waals surface area (Å²) in [6.45, 7) is 0.432. The Morgan fingerprint density at radius 1 is 1.03 bits per heavy atom. The zero-order chi connectivity index (χ0) is 21.5. The molecule has 1 heterocycles. The molecule has 0 spiro atoms. The van der Waals surface area contributed by atoms with Gasteiger partial charge in [0.2, 0.25) is 5.91 Å². The normalized spacial score (nSPS) is 14.9. The lowest BCUT2D eigenvalue weighted by atomic mass is 10.0. The summed E-state index contributed by atoms with van der Waals surface area (Å²) in [5.41, 5.74) is 0.276. The minimum absolute atomic E-state index is 0. The maximum atomic E-state index is 12.5. The molecule has 5 N–H and O–H groups in total. The number of unbranched alkanes of at least 4 members (excludes halogenated alkanes) is 5. The predicted octanol–water partition coefficient (Wildman–Crippen LogP) is 4.46. The second-order valence-electron chi connectivity index (χ2n) is 7.33. The first kappa shape index (κ1) is 26.6. The molecule has 1 aromatic carbocycles. The summed E-state index contributed by atoms with van der Waals surface area (Å²) < 4.78 is 52.7. The molecule has 1 aliphatic rings. The van der Waals surface area contributed by atoms with Crippen molar-refractivity contribution in [1.82, 2.24) is 11.1 Å². The van der Waals surface area contributed by atoms with Gasteiger partial charge in [0, 0.05) is 19.5 Å². The van der Waals surface area contributed by atoms with Gasteiger partial charge < -0.3 is 20.8 Å². The fourth-order valence-electron chi connectivity index (χ4n) is 3.23. The molecule has 1 amide bonds. The Bertz CT molecular complexity index is 703. The van der Waals surface area contributed by atoms with E-state index in [1.165, 1.54) is 17.0 Å². The number of nitrogens with zero attached hydrogens (tertiary/aromatic N) is 1. The van der Waals surface area contributed by atoms with Crippen LogP contribution in [0.5, 0.6) is 0 Å². The van der Waals surface area contributed by atoms with Crippen molar-refractivity contribution in [2.75, 3.05) is 13.1 Å². The predicted molar refractivity (Wildman–Crippen MR) is 106 cm³/mol. The maximum absolute atomic E-state index is 12.5. The molecule has 0 atom stereocenters. The van der Waals surface area contributed by atoms with E-state index in [4.69, 9.17) is 9.79 Å². The molecule has 0 radical (unpaired) electrons. The van der Waals surface area contributed by atoms with E-state index in [1.807, 2.05) is 0 Å². The topological polar surface area (TPSA) is 122 Å². The van der Waals surface area contributed by atoms with Crippen LogP contribution in [0.2, 0.25) is 0 Å². The summed E-state index contributed by atoms with van der Waals surface area (Å²) in [6, 6.07) is 5.29. The highest BCUT2D eigenvalue weighted by molar-refractivity contribution is 7.46. The van der Waals surface area contributed by atoms with E-state index in [2.05, 4.69) is 4.52 Å². The molecule has 1 aromatic rings. The molecule has 0 aliphatic carbocycles. The molecule has 0 saturated carbocycles. The number of amides is 1. The van der Waals surface area contributed by atoms with E-state index in [0.29, 0.717) is 6.42 Å². The van der Waals surface area contributed by atoms with Gasteiger partial charge in [-0.3, -0.25) is 9.32 Å². The van der Waals surface area contributed by atoms with E-state index < -0.39 is 25.7 Å². The van der Waals surface area contributed by atoms with Crippen LogP contribution in [0, 0.1) is 0 Å². The van der Waals surface area contributed by atoms with Gasteiger partial charge in [-0.25, -0.2) is 4.57 Å². The Balaban J connectivity index is 0.00000450. The van der Waals surface area contributed by atoms with E-state index in [-0.39, 0.29) is 25.1 Å². The third kappa shape index (κ3) is 9.57. The quantitative estimate of drug-likeness (QED) is 0.335. The molecule has 0 bridgehead atoms. The third-order valence-electron chi connectivity index (χ3n) is 4.87. The van der Waals surface area contributed by atoms with Gasteiger partial charge in [0.05, 0.1) is 5.56 Å². The van der Waals surface area contributed by atoms with Crippen molar-refractivity contribution in [2.24, 2.45) is 0 Å². The van der Waals surface area contributed by atoms with Crippen LogP contribution in [0.15, 0.2) is 24.3 Å². The number of halogens is 3. The summed E-state index contributed by atoms with van der Waals surface area (Å²) in [6.07, 6.45) is 1.86. The van der Waals surface area contributed by atoms with E-state index in [0.717, 1.165) is 62.6 Å². The number of alkyl halides is 3. The Hall–Kier alpha value is -1.45. The number of hydrogen-bond donors (Lipinski definition) is 3. The van der Waals surface area contributed by atoms with Gasteiger partial charge in [0.1, 0.15) is 6.10 Å². The lowest BCUT2D eigenvalue weighted by Crippen LogP contribution is -2.54. The lowest BCUT2D eigenvalue weighted by Gasteiger charge is -2.38. The molecule has 1 saturated heterocycles. The number of aryl methyl sites for hydroxylation is 1. The van der Waals surface area contributed by atoms with Crippen LogP contribution in [-0.2, 0) is 26.5 Å². The third-order valence-corrected chi connectivity index (χ3v) is 5.45. The summed E-state index contributed by atoms with van der Waals surface area (Å²) in [5, 5.41) is 0. The van der Waals surface area contributed by atoms with Crippen molar-refractivity contribution in [3.63, 3.8) is 0 Å². The zero-order valence-electron chi connectivity index (χ0n) is 16.8. The number of carbonyl (C=O) groups excluding carboxylic acids is 1. The number of likely N-dealkylation sites (tertiary alicyclic amines) is 1. The molecule has 30 heavy (non-hydrogen) atoms. The monoisotopic (exact) mass is 454 g/mol. The Morgan fingerprint density at radius 2 is 1.57 bits per heavy atom. The van der Waals surface area contributed by atoms with Gasteiger partial charge in [-0.1, -0.05) is 37.8 Å². The van der Waals surface area contributed by atoms with Gasteiger partial charge in [0.25, 0.3) is 0 Å². The smallest absolute Gasteiger partial charge is 0.344 e. The molecule has 7 nitrogen and oxygen atoms in total. The minimum atomic E-state index is -4.50. The number of phosphoric ester groups is 1. The number of phosphoric acid groups is 1. The van der Waals surface area contributed by atoms with Crippen LogP contribution in [0.4, 0.5) is 13.2 Å². The standard InChI is InChI=1S/C19H27F3NO5P.H3N/c20-19(21,22)16-11-9-15(10-12-16)7-5-3-1-2-4-6-8-18(24)23-13-17(14-23)28-29(25,26)27;/h9-12,17H,1-8,13-14H2,(H2,25,26,27);1H3. The fourth-order valence-corrected chi connectivity index (χ4v) is 3.76. The summed E-state index contributed by atoms with van der Waals surface area (Å²) in [5.74, 6) is -0.0298. The van der Waals surface area contributed by atoms with Crippen molar-refractivity contribution >= 4 is 13.7 Å². The first-order valence-corrected chi connectivity index (χ1v) is 11.3. The van der Waals surface area contributed by atoms with Gasteiger partial charge >= 0.3 is 14.0 Å². The van der Waals surface area contributed by atoms with Crippen LogP contribution in [-0.4, -0.2) is 39.8 Å². The lowest BCUT2D eigenvalue weighted by molar-refractivity contribution is -0.141. The molecule has 0 unspecified atom stereocenters. The van der Waals surface area contributed by atoms with Crippen molar-refractivity contribution in [2.45, 2.75) is 63.6 Å². The van der Waals surface area contributed by atoms with Gasteiger partial charge in [-0.15, -0.1) is 0 Å². The SMILES string of the molecule is N.O=C(CCCCCCCCc1ccc(C(F)(F)F)cc1)N1CC(OP(=O)(O)O)C1. The van der Waals surface area contributed by atoms with Crippen LogP contribution in [0.1, 0.15) is 56.1 Å². The van der Waals surface area contributed by atoms with E-state index in [9.17, 15) is 22.5 Å². The first-order valence-electron chi connectivity index (χ1n) is 9.72. The fraction of sp³-hybridized carbons (Fsp3) is 0.632. The summed E-state index contributed by atoms with van der Waals surface area (Å²) >= 11 is 0. The average Bonchev–Trinajstić information content (AvgIpc) is 2.58. The highest BCUT2D eigenvalue weighted by atomic mass is 31.2. The Morgan fingerprint density at radius 3 is 2.10 bits per heavy atom. The van der Waals surface area contributed by atoms with Crippen LogP contribution in [0.25, 0.3) is 0 Å². The van der Waals surface area contributed by atoms with Gasteiger partial charge in [-0.05, 0) is 37.0 Å². The minimum Gasteiger partial charge on any atom is -0.344 e. The summed E-state index contributed by atoms with van der Waals surface area (Å²) in [4.78, 5) is 30.8. The zero-order valence-corrected chi connectivity index (χ0v) is 17.7. The number of rotatable bonds is 11. The second kappa shape index (κ2) is 11.8. The summed E-state index contributed by atoms with van der Waals surface area (Å²) in [7, 11) is -4.50. The highest BCUT2D eigenvalue weighted by Gasteiger charge is 2.35. The molecular formula is C19H30F3N2O5P. The number of hydrogen-bond acceptors (Lipinski definition) is 4. The number of carbonyl (C=O) groups is 1. The first-order chi connectivity index (χ1) is 13.5. The molecule has 11 heteroatoms. The largest absolute Gasteiger partial charge is 0.469 e. The molecule has 1 fully saturated rings. The van der Waals surface area contributed by atoms with Crippen LogP contribution >= 0.6 is 7.82 Å². The molecule has 2 rings (SSSR count).